The third-order valence-corrected chi connectivity index (χ3v) is 3.30. The van der Waals surface area contributed by atoms with Crippen molar-refractivity contribution in [2.24, 2.45) is 0 Å². The van der Waals surface area contributed by atoms with Crippen molar-refractivity contribution in [1.82, 2.24) is 15.0 Å². The Balaban J connectivity index is 2.08. The second-order valence-electron chi connectivity index (χ2n) is 4.67. The highest BCUT2D eigenvalue weighted by molar-refractivity contribution is 5.90. The standard InChI is InChI=1S/C12H13N3O3/c1-12(3-2-4-18-12)11-14-8-5-7(10(16)17)6-13-9(8)15-11/h5-6H,2-4H2,1H3,(H,16,17)(H,13,14,15). The SMILES string of the molecule is CC1(c2nc3ncc(C(=O)O)cc3[nH]2)CCCO1. The van der Waals surface area contributed by atoms with Crippen molar-refractivity contribution in [1.29, 1.82) is 0 Å². The zero-order valence-corrected chi connectivity index (χ0v) is 9.93. The molecule has 0 spiro atoms. The number of carboxylic acids is 1. The molecular weight excluding hydrogens is 234 g/mol. The van der Waals surface area contributed by atoms with Gasteiger partial charge < -0.3 is 14.8 Å². The van der Waals surface area contributed by atoms with Crippen LogP contribution in [0.5, 0.6) is 0 Å². The second kappa shape index (κ2) is 3.78. The van der Waals surface area contributed by atoms with E-state index < -0.39 is 11.6 Å². The van der Waals surface area contributed by atoms with E-state index in [9.17, 15) is 4.79 Å². The smallest absolute Gasteiger partial charge is 0.337 e. The largest absolute Gasteiger partial charge is 0.478 e. The van der Waals surface area contributed by atoms with Crippen molar-refractivity contribution >= 4 is 17.1 Å². The molecule has 0 radical (unpaired) electrons. The first-order valence-corrected chi connectivity index (χ1v) is 5.82. The Hall–Kier alpha value is -1.95. The number of pyridine rings is 1. The van der Waals surface area contributed by atoms with Gasteiger partial charge in [-0.25, -0.2) is 14.8 Å². The van der Waals surface area contributed by atoms with E-state index in [4.69, 9.17) is 9.84 Å². The maximum absolute atomic E-state index is 10.9. The molecule has 2 aromatic rings. The number of aromatic amines is 1. The maximum atomic E-state index is 10.9. The van der Waals surface area contributed by atoms with Crippen molar-refractivity contribution in [2.45, 2.75) is 25.4 Å². The molecule has 2 aromatic heterocycles. The van der Waals surface area contributed by atoms with Crippen LogP contribution in [0.1, 0.15) is 35.9 Å². The Morgan fingerprint density at radius 2 is 2.44 bits per heavy atom. The summed E-state index contributed by atoms with van der Waals surface area (Å²) >= 11 is 0. The van der Waals surface area contributed by atoms with Crippen molar-refractivity contribution in [3.8, 4) is 0 Å². The van der Waals surface area contributed by atoms with Crippen molar-refractivity contribution in [3.63, 3.8) is 0 Å². The lowest BCUT2D eigenvalue weighted by Crippen LogP contribution is -2.21. The summed E-state index contributed by atoms with van der Waals surface area (Å²) in [4.78, 5) is 22.4. The van der Waals surface area contributed by atoms with Crippen LogP contribution in [0.25, 0.3) is 11.2 Å². The van der Waals surface area contributed by atoms with Crippen LogP contribution >= 0.6 is 0 Å². The van der Waals surface area contributed by atoms with Crippen molar-refractivity contribution < 1.29 is 14.6 Å². The summed E-state index contributed by atoms with van der Waals surface area (Å²) in [6.07, 6.45) is 3.22. The van der Waals surface area contributed by atoms with Gasteiger partial charge in [0.1, 0.15) is 11.4 Å². The Bertz CT molecular complexity index is 614. The van der Waals surface area contributed by atoms with E-state index in [0.29, 0.717) is 17.0 Å². The number of nitrogens with zero attached hydrogens (tertiary/aromatic N) is 2. The summed E-state index contributed by atoms with van der Waals surface area (Å²) in [5.41, 5.74) is 0.882. The van der Waals surface area contributed by atoms with E-state index in [0.717, 1.165) is 19.4 Å². The van der Waals surface area contributed by atoms with Crippen LogP contribution < -0.4 is 0 Å². The molecule has 6 nitrogen and oxygen atoms in total. The highest BCUT2D eigenvalue weighted by atomic mass is 16.5. The van der Waals surface area contributed by atoms with Crippen LogP contribution in [0.2, 0.25) is 0 Å². The van der Waals surface area contributed by atoms with Gasteiger partial charge in [-0.1, -0.05) is 0 Å². The molecule has 0 aliphatic carbocycles. The van der Waals surface area contributed by atoms with Gasteiger partial charge in [0.05, 0.1) is 11.1 Å². The molecule has 1 fully saturated rings. The monoisotopic (exact) mass is 247 g/mol. The molecular formula is C12H13N3O3. The molecule has 94 valence electrons. The quantitative estimate of drug-likeness (QED) is 0.842. The predicted octanol–water partition coefficient (Wildman–Crippen LogP) is 1.68. The van der Waals surface area contributed by atoms with E-state index in [2.05, 4.69) is 15.0 Å². The molecule has 1 aliphatic rings. The van der Waals surface area contributed by atoms with E-state index in [1.165, 1.54) is 6.20 Å². The zero-order valence-electron chi connectivity index (χ0n) is 9.93. The van der Waals surface area contributed by atoms with E-state index >= 15 is 0 Å². The average Bonchev–Trinajstić information content (AvgIpc) is 2.94. The van der Waals surface area contributed by atoms with E-state index in [-0.39, 0.29) is 5.56 Å². The number of carboxylic acid groups (broad SMARTS) is 1. The van der Waals surface area contributed by atoms with E-state index in [1.54, 1.807) is 6.07 Å². The van der Waals surface area contributed by atoms with Gasteiger partial charge in [0.2, 0.25) is 0 Å². The second-order valence-corrected chi connectivity index (χ2v) is 4.67. The lowest BCUT2D eigenvalue weighted by Gasteiger charge is -2.19. The third-order valence-electron chi connectivity index (χ3n) is 3.30. The molecule has 1 atom stereocenters. The summed E-state index contributed by atoms with van der Waals surface area (Å²) in [7, 11) is 0. The van der Waals surface area contributed by atoms with Crippen LogP contribution in [0.15, 0.2) is 12.3 Å². The molecule has 3 heterocycles. The van der Waals surface area contributed by atoms with Crippen LogP contribution in [0, 0.1) is 0 Å². The number of imidazole rings is 1. The molecule has 1 unspecified atom stereocenters. The Morgan fingerprint density at radius 3 is 3.11 bits per heavy atom. The van der Waals surface area contributed by atoms with E-state index in [1.807, 2.05) is 6.92 Å². The normalized spacial score (nSPS) is 23.6. The van der Waals surface area contributed by atoms with Crippen LogP contribution in [-0.4, -0.2) is 32.6 Å². The van der Waals surface area contributed by atoms with Gasteiger partial charge in [-0.2, -0.15) is 0 Å². The van der Waals surface area contributed by atoms with Crippen LogP contribution in [-0.2, 0) is 10.3 Å². The minimum absolute atomic E-state index is 0.148. The number of rotatable bonds is 2. The van der Waals surface area contributed by atoms with Gasteiger partial charge in [-0.15, -0.1) is 0 Å². The predicted molar refractivity (Wildman–Crippen MR) is 63.4 cm³/mol. The van der Waals surface area contributed by atoms with Gasteiger partial charge in [0.15, 0.2) is 5.65 Å². The zero-order chi connectivity index (χ0) is 12.8. The molecule has 18 heavy (non-hydrogen) atoms. The molecule has 1 aliphatic heterocycles. The highest BCUT2D eigenvalue weighted by Gasteiger charge is 2.35. The molecule has 0 saturated carbocycles. The summed E-state index contributed by atoms with van der Waals surface area (Å²) < 4.78 is 5.70. The molecule has 1 saturated heterocycles. The number of hydrogen-bond acceptors (Lipinski definition) is 4. The fourth-order valence-electron chi connectivity index (χ4n) is 2.23. The first-order valence-electron chi connectivity index (χ1n) is 5.82. The summed E-state index contributed by atoms with van der Waals surface area (Å²) in [6.45, 7) is 2.71. The van der Waals surface area contributed by atoms with Gasteiger partial charge in [0.25, 0.3) is 0 Å². The van der Waals surface area contributed by atoms with Gasteiger partial charge in [-0.05, 0) is 25.8 Å². The van der Waals surface area contributed by atoms with Crippen LogP contribution in [0.4, 0.5) is 0 Å². The summed E-state index contributed by atoms with van der Waals surface area (Å²) in [6, 6.07) is 1.54. The molecule has 0 bridgehead atoms. The highest BCUT2D eigenvalue weighted by Crippen LogP contribution is 2.34. The fraction of sp³-hybridized carbons (Fsp3) is 0.417. The van der Waals surface area contributed by atoms with Gasteiger partial charge in [-0.3, -0.25) is 0 Å². The minimum atomic E-state index is -0.996. The minimum Gasteiger partial charge on any atom is -0.478 e. The van der Waals surface area contributed by atoms with Gasteiger partial charge in [0, 0.05) is 12.8 Å². The number of carbonyl (C=O) groups is 1. The van der Waals surface area contributed by atoms with Gasteiger partial charge >= 0.3 is 5.97 Å². The number of H-pyrrole nitrogens is 1. The number of aromatic carboxylic acids is 1. The first kappa shape index (κ1) is 11.2. The Morgan fingerprint density at radius 1 is 1.61 bits per heavy atom. The molecule has 2 N–H and O–H groups in total. The number of hydrogen-bond donors (Lipinski definition) is 2. The Kier molecular flexibility index (Phi) is 2.34. The summed E-state index contributed by atoms with van der Waals surface area (Å²) in [5.74, 6) is -0.283. The fourth-order valence-corrected chi connectivity index (χ4v) is 2.23. The van der Waals surface area contributed by atoms with Crippen molar-refractivity contribution in [2.75, 3.05) is 6.61 Å². The molecule has 0 aromatic carbocycles. The molecule has 0 amide bonds. The molecule has 6 heteroatoms. The first-order chi connectivity index (χ1) is 8.58. The lowest BCUT2D eigenvalue weighted by molar-refractivity contribution is 0.0103. The van der Waals surface area contributed by atoms with Crippen molar-refractivity contribution in [3.05, 3.63) is 23.7 Å². The maximum Gasteiger partial charge on any atom is 0.337 e. The third kappa shape index (κ3) is 1.65. The summed E-state index contributed by atoms with van der Waals surface area (Å²) in [5, 5.41) is 8.91. The number of nitrogens with one attached hydrogen (secondary N) is 1. The topological polar surface area (TPSA) is 88.1 Å². The number of fused-ring (bicyclic) bond motifs is 1. The number of aromatic nitrogens is 3. The Labute approximate surface area is 103 Å². The van der Waals surface area contributed by atoms with Crippen LogP contribution in [0.3, 0.4) is 0 Å². The average molecular weight is 247 g/mol. The molecule has 3 rings (SSSR count). The number of ether oxygens (including phenoxy) is 1. The lowest BCUT2D eigenvalue weighted by atomic mass is 10.0.